The van der Waals surface area contributed by atoms with Crippen molar-refractivity contribution in [2.24, 2.45) is 29.6 Å². The van der Waals surface area contributed by atoms with Crippen molar-refractivity contribution in [1.82, 2.24) is 0 Å². The molecular weight excluding hydrogens is 625 g/mol. The van der Waals surface area contributed by atoms with Gasteiger partial charge in [-0.3, -0.25) is 0 Å². The van der Waals surface area contributed by atoms with Crippen molar-refractivity contribution in [1.29, 1.82) is 0 Å². The second-order valence-corrected chi connectivity index (χ2v) is 18.7. The Morgan fingerprint density at radius 3 is 1.96 bits per heavy atom. The molecule has 2 aliphatic rings. The predicted molar refractivity (Wildman–Crippen MR) is 191 cm³/mol. The van der Waals surface area contributed by atoms with Gasteiger partial charge in [-0.05, 0) is 52.4 Å². The maximum Gasteiger partial charge on any atom is 0.261 e. The lowest BCUT2D eigenvalue weighted by Gasteiger charge is -2.43. The highest BCUT2D eigenvalue weighted by atomic mass is 28.4. The van der Waals surface area contributed by atoms with E-state index in [4.69, 9.17) is 32.8 Å². The largest absolute Gasteiger partial charge is 0.407 e. The number of fused-ring (bicyclic) bond motifs is 1. The molecule has 9 heteroatoms. The molecule has 0 aliphatic heterocycles. The smallest absolute Gasteiger partial charge is 0.261 e. The van der Waals surface area contributed by atoms with Crippen LogP contribution in [0.2, 0.25) is 5.04 Å². The van der Waals surface area contributed by atoms with E-state index in [0.29, 0.717) is 31.8 Å². The fourth-order valence-electron chi connectivity index (χ4n) is 8.12. The Bertz CT molecular complexity index is 1200. The third-order valence-corrected chi connectivity index (χ3v) is 15.3. The maximum atomic E-state index is 12.6. The van der Waals surface area contributed by atoms with Gasteiger partial charge < -0.3 is 37.6 Å². The molecule has 8 atom stereocenters. The Morgan fingerprint density at radius 1 is 0.833 bits per heavy atom. The monoisotopic (exact) mass is 682 g/mol. The van der Waals surface area contributed by atoms with Gasteiger partial charge in [0.1, 0.15) is 26.7 Å². The topological polar surface area (TPSA) is 81.7 Å². The van der Waals surface area contributed by atoms with Crippen molar-refractivity contribution in [2.75, 3.05) is 48.3 Å². The average molecular weight is 683 g/mol. The zero-order chi connectivity index (χ0) is 34.6. The lowest BCUT2D eigenvalue weighted by molar-refractivity contribution is -0.125. The molecule has 0 unspecified atom stereocenters. The van der Waals surface area contributed by atoms with Crippen LogP contribution in [0.5, 0.6) is 0 Å². The fraction of sp³-hybridized carbons (Fsp3) is 0.615. The predicted octanol–water partition coefficient (Wildman–Crippen LogP) is 5.97. The van der Waals surface area contributed by atoms with Crippen molar-refractivity contribution >= 4 is 25.0 Å². The number of methoxy groups -OCH3 is 3. The summed E-state index contributed by atoms with van der Waals surface area (Å²) in [6.45, 7) is 10.2. The lowest BCUT2D eigenvalue weighted by atomic mass is 9.70. The quantitative estimate of drug-likeness (QED) is 0.0732. The van der Waals surface area contributed by atoms with Gasteiger partial charge in [0.2, 0.25) is 0 Å². The summed E-state index contributed by atoms with van der Waals surface area (Å²) in [5.74, 6) is 0.734. The van der Waals surface area contributed by atoms with E-state index in [9.17, 15) is 4.79 Å². The number of benzene rings is 2. The Balaban J connectivity index is 1.52. The third-order valence-electron chi connectivity index (χ3n) is 10.3. The molecule has 0 spiro atoms. The Kier molecular flexibility index (Phi) is 15.0. The Morgan fingerprint density at radius 2 is 1.42 bits per heavy atom. The molecule has 0 radical (unpaired) electrons. The number of hydrogen-bond donors (Lipinski definition) is 0. The van der Waals surface area contributed by atoms with Crippen LogP contribution in [0, 0.1) is 29.6 Å². The standard InChI is InChI=1S/C39H58O8Si/c1-29-22-36-35(38(29)46-28-43-7)19-18-30(37(36)25-40)23-32(45-27-42-6)24-31(44-26-41-5)20-21-47-48(39(2,3)4,33-14-10-8-11-15-33)34-16-12-9-13-17-34/h8-19,25,29-32,35-38H,20-24,26-28H2,1-7H3/t29-,30+,31-,32+,35-,36-,37-,38-/m0/s1. The summed E-state index contributed by atoms with van der Waals surface area (Å²) in [6, 6.07) is 21.4. The zero-order valence-corrected chi connectivity index (χ0v) is 31.0. The Labute approximate surface area is 289 Å². The molecule has 1 fully saturated rings. The van der Waals surface area contributed by atoms with Crippen LogP contribution in [0.15, 0.2) is 72.8 Å². The molecule has 0 saturated heterocycles. The SMILES string of the molecule is COCO[C@@H](CCO[Si](c1ccccc1)(c1ccccc1)C(C)(C)C)C[C@@H](C[C@H]1C=C[C@H]2[C@H](C[C@H](C)[C@@H]2OCOC)[C@H]1C=O)OCOC. The van der Waals surface area contributed by atoms with Crippen molar-refractivity contribution in [3.63, 3.8) is 0 Å². The highest BCUT2D eigenvalue weighted by Gasteiger charge is 2.50. The maximum absolute atomic E-state index is 12.6. The second kappa shape index (κ2) is 18.7. The number of carbonyl (C=O) groups is 1. The van der Waals surface area contributed by atoms with E-state index >= 15 is 0 Å². The summed E-state index contributed by atoms with van der Waals surface area (Å²) in [5.41, 5.74) is 0. The van der Waals surface area contributed by atoms with Crippen molar-refractivity contribution in [3.05, 3.63) is 72.8 Å². The van der Waals surface area contributed by atoms with Crippen molar-refractivity contribution in [3.8, 4) is 0 Å². The summed E-state index contributed by atoms with van der Waals surface area (Å²) in [7, 11) is 2.22. The average Bonchev–Trinajstić information content (AvgIpc) is 3.41. The van der Waals surface area contributed by atoms with Crippen LogP contribution in [0.4, 0.5) is 0 Å². The van der Waals surface area contributed by atoms with Crippen LogP contribution in [0.25, 0.3) is 0 Å². The highest BCUT2D eigenvalue weighted by Crippen LogP contribution is 2.49. The number of aldehydes is 1. The second-order valence-electron chi connectivity index (χ2n) is 14.4. The van der Waals surface area contributed by atoms with Crippen LogP contribution in [-0.2, 0) is 37.6 Å². The molecule has 0 heterocycles. The molecule has 2 aliphatic carbocycles. The molecule has 2 aromatic rings. The van der Waals surface area contributed by atoms with Gasteiger partial charge in [-0.15, -0.1) is 0 Å². The molecule has 266 valence electrons. The molecular formula is C39H58O8Si. The van der Waals surface area contributed by atoms with Crippen molar-refractivity contribution < 1.29 is 37.6 Å². The number of rotatable bonds is 20. The molecule has 8 nitrogen and oxygen atoms in total. The summed E-state index contributed by atoms with van der Waals surface area (Å²) < 4.78 is 41.7. The van der Waals surface area contributed by atoms with E-state index in [-0.39, 0.29) is 67.4 Å². The van der Waals surface area contributed by atoms with Gasteiger partial charge in [0, 0.05) is 46.2 Å². The number of hydrogen-bond acceptors (Lipinski definition) is 8. The molecule has 0 bridgehead atoms. The summed E-state index contributed by atoms with van der Waals surface area (Å²) in [5, 5.41) is 2.37. The minimum atomic E-state index is -2.69. The third kappa shape index (κ3) is 9.31. The van der Waals surface area contributed by atoms with Gasteiger partial charge in [0.25, 0.3) is 8.32 Å². The zero-order valence-electron chi connectivity index (χ0n) is 30.0. The number of allylic oxidation sites excluding steroid dienone is 1. The van der Waals surface area contributed by atoms with Gasteiger partial charge in [0.15, 0.2) is 0 Å². The molecule has 1 saturated carbocycles. The van der Waals surface area contributed by atoms with Crippen LogP contribution in [-0.4, -0.2) is 81.2 Å². The summed E-state index contributed by atoms with van der Waals surface area (Å²) >= 11 is 0. The number of ether oxygens (including phenoxy) is 6. The highest BCUT2D eigenvalue weighted by molar-refractivity contribution is 6.99. The van der Waals surface area contributed by atoms with Crippen LogP contribution in [0.1, 0.15) is 53.4 Å². The first kappa shape index (κ1) is 38.6. The molecule has 4 rings (SSSR count). The van der Waals surface area contributed by atoms with Gasteiger partial charge in [-0.25, -0.2) is 0 Å². The fourth-order valence-corrected chi connectivity index (χ4v) is 12.7. The molecule has 48 heavy (non-hydrogen) atoms. The minimum absolute atomic E-state index is 0.0513. The van der Waals surface area contributed by atoms with E-state index in [2.05, 4.69) is 101 Å². The van der Waals surface area contributed by atoms with E-state index in [1.165, 1.54) is 10.4 Å². The molecule has 0 amide bonds. The first-order valence-corrected chi connectivity index (χ1v) is 19.3. The summed E-state index contributed by atoms with van der Waals surface area (Å²) in [4.78, 5) is 12.6. The van der Waals surface area contributed by atoms with E-state index in [1.807, 2.05) is 0 Å². The minimum Gasteiger partial charge on any atom is -0.407 e. The first-order chi connectivity index (χ1) is 23.2. The van der Waals surface area contributed by atoms with Gasteiger partial charge in [0.05, 0.1) is 18.3 Å². The Hall–Kier alpha value is -2.21. The van der Waals surface area contributed by atoms with E-state index < -0.39 is 8.32 Å². The normalized spacial score (nSPS) is 25.5. The molecule has 2 aromatic carbocycles. The van der Waals surface area contributed by atoms with Crippen LogP contribution >= 0.6 is 0 Å². The summed E-state index contributed by atoms with van der Waals surface area (Å²) in [6.07, 6.45) is 8.24. The first-order valence-electron chi connectivity index (χ1n) is 17.4. The molecule has 0 aromatic heterocycles. The lowest BCUT2D eigenvalue weighted by Crippen LogP contribution is -2.66. The van der Waals surface area contributed by atoms with Gasteiger partial charge in [-0.2, -0.15) is 0 Å². The van der Waals surface area contributed by atoms with Gasteiger partial charge in [-0.1, -0.05) is 101 Å². The van der Waals surface area contributed by atoms with Crippen LogP contribution in [0.3, 0.4) is 0 Å². The molecule has 0 N–H and O–H groups in total. The van der Waals surface area contributed by atoms with Crippen LogP contribution < -0.4 is 10.4 Å². The van der Waals surface area contributed by atoms with Gasteiger partial charge >= 0.3 is 0 Å². The van der Waals surface area contributed by atoms with E-state index in [1.54, 1.807) is 21.3 Å². The van der Waals surface area contributed by atoms with Crippen molar-refractivity contribution in [2.45, 2.75) is 76.7 Å². The van der Waals surface area contributed by atoms with E-state index in [0.717, 1.165) is 12.7 Å². The number of carbonyl (C=O) groups excluding carboxylic acids is 1.